The van der Waals surface area contributed by atoms with Gasteiger partial charge in [-0.15, -0.1) is 0 Å². The van der Waals surface area contributed by atoms with Gasteiger partial charge in [-0.2, -0.15) is 0 Å². The van der Waals surface area contributed by atoms with E-state index in [-0.39, 0.29) is 17.0 Å². The summed E-state index contributed by atoms with van der Waals surface area (Å²) in [5, 5.41) is 10.5. The van der Waals surface area contributed by atoms with Crippen molar-refractivity contribution in [1.29, 1.82) is 0 Å². The molecule has 0 aliphatic rings. The first-order valence-electron chi connectivity index (χ1n) is 7.58. The molecule has 7 nitrogen and oxygen atoms in total. The molecule has 0 amide bonds. The van der Waals surface area contributed by atoms with Crippen molar-refractivity contribution in [1.82, 2.24) is 9.29 Å². The number of oxazole rings is 1. The molecule has 1 unspecified atom stereocenters. The van der Waals surface area contributed by atoms with E-state index in [4.69, 9.17) is 4.42 Å². The fourth-order valence-electron chi connectivity index (χ4n) is 2.50. The molecule has 0 spiro atoms. The number of aryl methyl sites for hydroxylation is 1. The topological polar surface area (TPSA) is 102 Å². The number of rotatable bonds is 5. The Kier molecular flexibility index (Phi) is 4.28. The average molecular weight is 362 g/mol. The van der Waals surface area contributed by atoms with Crippen LogP contribution in [0.15, 0.2) is 62.6 Å². The lowest BCUT2D eigenvalue weighted by Gasteiger charge is -2.24. The van der Waals surface area contributed by atoms with Crippen molar-refractivity contribution in [3.8, 4) is 0 Å². The standard InChI is InChI=1S/C17H18N2O5S/c1-17(21,12-6-4-3-5-7-12)11-18-25(22,23)13-8-9-14-15(10-13)24-16(20)19(14)2/h3-10,18,21H,11H2,1-2H3. The number of aromatic nitrogens is 1. The highest BCUT2D eigenvalue weighted by molar-refractivity contribution is 7.89. The van der Waals surface area contributed by atoms with E-state index in [1.807, 2.05) is 6.07 Å². The minimum Gasteiger partial charge on any atom is -0.408 e. The minimum absolute atomic E-state index is 0.0433. The zero-order chi connectivity index (χ0) is 18.2. The van der Waals surface area contributed by atoms with Gasteiger partial charge in [0.2, 0.25) is 10.0 Å². The minimum atomic E-state index is -3.88. The molecule has 1 heterocycles. The predicted octanol–water partition coefficient (Wildman–Crippen LogP) is 1.32. The van der Waals surface area contributed by atoms with Gasteiger partial charge in [0.1, 0.15) is 5.60 Å². The van der Waals surface area contributed by atoms with Gasteiger partial charge in [0, 0.05) is 19.7 Å². The van der Waals surface area contributed by atoms with Crippen LogP contribution < -0.4 is 10.5 Å². The number of nitrogens with zero attached hydrogens (tertiary/aromatic N) is 1. The second-order valence-corrected chi connectivity index (χ2v) is 7.79. The van der Waals surface area contributed by atoms with Gasteiger partial charge in [-0.05, 0) is 24.6 Å². The first-order chi connectivity index (χ1) is 11.7. The van der Waals surface area contributed by atoms with Crippen LogP contribution in [0.1, 0.15) is 12.5 Å². The maximum absolute atomic E-state index is 12.5. The molecular weight excluding hydrogens is 344 g/mol. The largest absolute Gasteiger partial charge is 0.419 e. The van der Waals surface area contributed by atoms with E-state index >= 15 is 0 Å². The van der Waals surface area contributed by atoms with E-state index < -0.39 is 21.4 Å². The fraction of sp³-hybridized carbons (Fsp3) is 0.235. The Morgan fingerprint density at radius 3 is 2.56 bits per heavy atom. The summed E-state index contributed by atoms with van der Waals surface area (Å²) in [4.78, 5) is 11.5. The van der Waals surface area contributed by atoms with Crippen LogP contribution in [0.3, 0.4) is 0 Å². The Bertz CT molecular complexity index is 1070. The molecule has 2 aromatic carbocycles. The highest BCUT2D eigenvalue weighted by atomic mass is 32.2. The molecule has 25 heavy (non-hydrogen) atoms. The van der Waals surface area contributed by atoms with Crippen molar-refractivity contribution < 1.29 is 17.9 Å². The average Bonchev–Trinajstić information content (AvgIpc) is 2.88. The van der Waals surface area contributed by atoms with Crippen LogP contribution in [-0.2, 0) is 22.7 Å². The zero-order valence-corrected chi connectivity index (χ0v) is 14.6. The number of fused-ring (bicyclic) bond motifs is 1. The maximum Gasteiger partial charge on any atom is 0.419 e. The van der Waals surface area contributed by atoms with Crippen LogP contribution in [0.5, 0.6) is 0 Å². The van der Waals surface area contributed by atoms with E-state index in [0.29, 0.717) is 11.1 Å². The number of aliphatic hydroxyl groups is 1. The molecule has 0 bridgehead atoms. The van der Waals surface area contributed by atoms with Crippen molar-refractivity contribution >= 4 is 21.1 Å². The van der Waals surface area contributed by atoms with Gasteiger partial charge in [-0.3, -0.25) is 4.57 Å². The van der Waals surface area contributed by atoms with Crippen molar-refractivity contribution in [2.24, 2.45) is 7.05 Å². The lowest BCUT2D eigenvalue weighted by Crippen LogP contribution is -2.38. The monoisotopic (exact) mass is 362 g/mol. The molecule has 132 valence electrons. The van der Waals surface area contributed by atoms with Gasteiger partial charge in [0.05, 0.1) is 10.4 Å². The molecule has 1 atom stereocenters. The van der Waals surface area contributed by atoms with E-state index in [2.05, 4.69) is 4.72 Å². The van der Waals surface area contributed by atoms with Gasteiger partial charge in [0.15, 0.2) is 5.58 Å². The third-order valence-electron chi connectivity index (χ3n) is 4.08. The van der Waals surface area contributed by atoms with Crippen molar-refractivity contribution in [3.05, 3.63) is 64.6 Å². The molecule has 0 aliphatic heterocycles. The molecule has 0 aliphatic carbocycles. The molecule has 0 saturated carbocycles. The SMILES string of the molecule is Cn1c(=O)oc2cc(S(=O)(=O)NCC(C)(O)c3ccccc3)ccc21. The summed E-state index contributed by atoms with van der Waals surface area (Å²) in [6, 6.07) is 13.0. The number of hydrogen-bond donors (Lipinski definition) is 2. The first-order valence-corrected chi connectivity index (χ1v) is 9.06. The number of hydrogen-bond acceptors (Lipinski definition) is 5. The highest BCUT2D eigenvalue weighted by Crippen LogP contribution is 2.21. The number of nitrogens with one attached hydrogen (secondary N) is 1. The molecule has 3 aromatic rings. The molecule has 0 saturated heterocycles. The van der Waals surface area contributed by atoms with Gasteiger partial charge in [-0.1, -0.05) is 30.3 Å². The smallest absolute Gasteiger partial charge is 0.408 e. The summed E-state index contributed by atoms with van der Waals surface area (Å²) < 4.78 is 33.7. The molecule has 8 heteroatoms. The van der Waals surface area contributed by atoms with Crippen molar-refractivity contribution in [3.63, 3.8) is 0 Å². The Morgan fingerprint density at radius 2 is 1.88 bits per heavy atom. The van der Waals surface area contributed by atoms with Crippen LogP contribution in [0.2, 0.25) is 0 Å². The van der Waals surface area contributed by atoms with Crippen molar-refractivity contribution in [2.75, 3.05) is 6.54 Å². The third-order valence-corrected chi connectivity index (χ3v) is 5.48. The maximum atomic E-state index is 12.5. The van der Waals surface area contributed by atoms with Crippen LogP contribution in [0.25, 0.3) is 11.1 Å². The molecule has 2 N–H and O–H groups in total. The van der Waals surface area contributed by atoms with Gasteiger partial charge in [-0.25, -0.2) is 17.9 Å². The van der Waals surface area contributed by atoms with Crippen LogP contribution in [0.4, 0.5) is 0 Å². The Morgan fingerprint density at radius 1 is 1.20 bits per heavy atom. The number of sulfonamides is 1. The van der Waals surface area contributed by atoms with Crippen LogP contribution >= 0.6 is 0 Å². The predicted molar refractivity (Wildman–Crippen MR) is 92.7 cm³/mol. The molecule has 1 aromatic heterocycles. The Labute approximate surface area is 144 Å². The number of benzene rings is 2. The Balaban J connectivity index is 1.86. The molecule has 0 fully saturated rings. The normalized spacial score (nSPS) is 14.5. The second-order valence-electron chi connectivity index (χ2n) is 6.02. The molecule has 0 radical (unpaired) electrons. The van der Waals surface area contributed by atoms with Crippen molar-refractivity contribution in [2.45, 2.75) is 17.4 Å². The summed E-state index contributed by atoms with van der Waals surface area (Å²) in [7, 11) is -2.34. The Hall–Kier alpha value is -2.42. The van der Waals surface area contributed by atoms with Gasteiger partial charge >= 0.3 is 5.76 Å². The lowest BCUT2D eigenvalue weighted by molar-refractivity contribution is 0.0627. The summed E-state index contributed by atoms with van der Waals surface area (Å²) >= 11 is 0. The lowest BCUT2D eigenvalue weighted by atomic mass is 9.97. The van der Waals surface area contributed by atoms with E-state index in [9.17, 15) is 18.3 Å². The summed E-state index contributed by atoms with van der Waals surface area (Å²) in [5.74, 6) is -0.565. The van der Waals surface area contributed by atoms with Gasteiger partial charge in [0.25, 0.3) is 0 Å². The van der Waals surface area contributed by atoms with E-state index in [1.165, 1.54) is 36.7 Å². The third kappa shape index (κ3) is 3.37. The highest BCUT2D eigenvalue weighted by Gasteiger charge is 2.26. The summed E-state index contributed by atoms with van der Waals surface area (Å²) in [6.07, 6.45) is 0. The van der Waals surface area contributed by atoms with E-state index in [1.54, 1.807) is 24.3 Å². The molecule has 3 rings (SSSR count). The summed E-state index contributed by atoms with van der Waals surface area (Å²) in [6.45, 7) is 1.33. The van der Waals surface area contributed by atoms with Crippen LogP contribution in [0, 0.1) is 0 Å². The summed E-state index contributed by atoms with van der Waals surface area (Å²) in [5.41, 5.74) is -0.0785. The first kappa shape index (κ1) is 17.4. The fourth-order valence-corrected chi connectivity index (χ4v) is 3.65. The van der Waals surface area contributed by atoms with Crippen LogP contribution in [-0.4, -0.2) is 24.6 Å². The van der Waals surface area contributed by atoms with E-state index in [0.717, 1.165) is 0 Å². The van der Waals surface area contributed by atoms with Gasteiger partial charge < -0.3 is 9.52 Å². The zero-order valence-electron chi connectivity index (χ0n) is 13.8. The molecular formula is C17H18N2O5S. The second kappa shape index (κ2) is 6.14. The quantitative estimate of drug-likeness (QED) is 0.713.